The summed E-state index contributed by atoms with van der Waals surface area (Å²) >= 11 is 0. The standard InChI is InChI=1S/C8H4F3N3O/c9-8(10,11)5-2-7-6(12-14-13-7)1-4(5)3-15/h1-3H,(H,12,13,14). The molecule has 0 saturated heterocycles. The van der Waals surface area contributed by atoms with Crippen molar-refractivity contribution in [1.82, 2.24) is 15.4 Å². The Morgan fingerprint density at radius 1 is 1.20 bits per heavy atom. The highest BCUT2D eigenvalue weighted by molar-refractivity contribution is 5.86. The van der Waals surface area contributed by atoms with E-state index in [0.717, 1.165) is 12.1 Å². The van der Waals surface area contributed by atoms with Crippen LogP contribution in [0, 0.1) is 0 Å². The van der Waals surface area contributed by atoms with Crippen molar-refractivity contribution in [2.24, 2.45) is 0 Å². The number of carbonyl (C=O) groups is 1. The van der Waals surface area contributed by atoms with Crippen molar-refractivity contribution >= 4 is 17.3 Å². The molecule has 0 radical (unpaired) electrons. The van der Waals surface area contributed by atoms with Gasteiger partial charge in [0.1, 0.15) is 11.0 Å². The van der Waals surface area contributed by atoms with Crippen LogP contribution in [0.2, 0.25) is 0 Å². The van der Waals surface area contributed by atoms with E-state index in [1.54, 1.807) is 0 Å². The van der Waals surface area contributed by atoms with Crippen molar-refractivity contribution in [2.45, 2.75) is 6.18 Å². The molecule has 0 spiro atoms. The van der Waals surface area contributed by atoms with Gasteiger partial charge in [-0.25, -0.2) is 0 Å². The van der Waals surface area contributed by atoms with E-state index < -0.39 is 17.3 Å². The van der Waals surface area contributed by atoms with Gasteiger partial charge in [0.2, 0.25) is 0 Å². The topological polar surface area (TPSA) is 58.6 Å². The lowest BCUT2D eigenvalue weighted by Gasteiger charge is -2.08. The third kappa shape index (κ3) is 1.56. The number of fused-ring (bicyclic) bond motifs is 1. The molecule has 1 aromatic carbocycles. The molecule has 2 rings (SSSR count). The van der Waals surface area contributed by atoms with Gasteiger partial charge >= 0.3 is 6.18 Å². The molecular formula is C8H4F3N3O. The number of nitrogens with zero attached hydrogens (tertiary/aromatic N) is 2. The normalized spacial score (nSPS) is 11.9. The predicted molar refractivity (Wildman–Crippen MR) is 44.3 cm³/mol. The zero-order valence-electron chi connectivity index (χ0n) is 7.17. The van der Waals surface area contributed by atoms with Crippen LogP contribution >= 0.6 is 0 Å². The summed E-state index contributed by atoms with van der Waals surface area (Å²) < 4.78 is 37.4. The third-order valence-electron chi connectivity index (χ3n) is 1.92. The fourth-order valence-corrected chi connectivity index (χ4v) is 1.25. The molecule has 2 aromatic rings. The van der Waals surface area contributed by atoms with E-state index >= 15 is 0 Å². The second-order valence-corrected chi connectivity index (χ2v) is 2.87. The van der Waals surface area contributed by atoms with Gasteiger partial charge in [0.05, 0.1) is 5.56 Å². The number of benzene rings is 1. The van der Waals surface area contributed by atoms with E-state index in [1.807, 2.05) is 0 Å². The van der Waals surface area contributed by atoms with Gasteiger partial charge in [0.25, 0.3) is 0 Å². The van der Waals surface area contributed by atoms with Gasteiger partial charge in [-0.1, -0.05) is 0 Å². The monoisotopic (exact) mass is 215 g/mol. The second kappa shape index (κ2) is 3.04. The lowest BCUT2D eigenvalue weighted by atomic mass is 10.1. The number of H-pyrrole nitrogens is 1. The van der Waals surface area contributed by atoms with Crippen LogP contribution in [-0.4, -0.2) is 21.7 Å². The number of aldehydes is 1. The van der Waals surface area contributed by atoms with E-state index in [4.69, 9.17) is 0 Å². The smallest absolute Gasteiger partial charge is 0.298 e. The second-order valence-electron chi connectivity index (χ2n) is 2.87. The van der Waals surface area contributed by atoms with E-state index in [9.17, 15) is 18.0 Å². The van der Waals surface area contributed by atoms with Crippen molar-refractivity contribution in [3.05, 3.63) is 23.3 Å². The number of aromatic nitrogens is 3. The lowest BCUT2D eigenvalue weighted by molar-refractivity contribution is -0.137. The first-order valence-electron chi connectivity index (χ1n) is 3.89. The van der Waals surface area contributed by atoms with Crippen LogP contribution in [0.15, 0.2) is 12.1 Å². The average molecular weight is 215 g/mol. The number of rotatable bonds is 1. The molecule has 0 unspecified atom stereocenters. The van der Waals surface area contributed by atoms with E-state index in [-0.39, 0.29) is 17.3 Å². The van der Waals surface area contributed by atoms with Gasteiger partial charge in [-0.2, -0.15) is 28.6 Å². The van der Waals surface area contributed by atoms with Crippen molar-refractivity contribution in [1.29, 1.82) is 0 Å². The molecule has 0 bridgehead atoms. The zero-order chi connectivity index (χ0) is 11.1. The van der Waals surface area contributed by atoms with Crippen molar-refractivity contribution in [3.63, 3.8) is 0 Å². The molecule has 0 aliphatic heterocycles. The van der Waals surface area contributed by atoms with Gasteiger partial charge in [0, 0.05) is 5.56 Å². The molecule has 0 aliphatic carbocycles. The average Bonchev–Trinajstić information content (AvgIpc) is 2.60. The molecule has 1 aromatic heterocycles. The summed E-state index contributed by atoms with van der Waals surface area (Å²) in [5.74, 6) is 0. The van der Waals surface area contributed by atoms with Crippen LogP contribution in [0.25, 0.3) is 11.0 Å². The summed E-state index contributed by atoms with van der Waals surface area (Å²) in [5, 5.41) is 9.29. The van der Waals surface area contributed by atoms with Crippen LogP contribution in [0.4, 0.5) is 13.2 Å². The third-order valence-corrected chi connectivity index (χ3v) is 1.92. The van der Waals surface area contributed by atoms with Crippen molar-refractivity contribution in [3.8, 4) is 0 Å². The van der Waals surface area contributed by atoms with E-state index in [1.165, 1.54) is 0 Å². The molecule has 1 heterocycles. The molecule has 1 N–H and O–H groups in total. The molecule has 7 heteroatoms. The Labute approximate surface area is 81.1 Å². The van der Waals surface area contributed by atoms with Gasteiger partial charge in [-0.15, -0.1) is 0 Å². The van der Waals surface area contributed by atoms with Gasteiger partial charge < -0.3 is 0 Å². The zero-order valence-corrected chi connectivity index (χ0v) is 7.17. The van der Waals surface area contributed by atoms with Crippen LogP contribution in [0.5, 0.6) is 0 Å². The van der Waals surface area contributed by atoms with Gasteiger partial charge in [0.15, 0.2) is 6.29 Å². The molecule has 0 amide bonds. The fourth-order valence-electron chi connectivity index (χ4n) is 1.25. The minimum absolute atomic E-state index is 0.0768. The number of hydrogen-bond donors (Lipinski definition) is 1. The molecule has 4 nitrogen and oxygen atoms in total. The summed E-state index contributed by atoms with van der Waals surface area (Å²) in [6.07, 6.45) is -4.42. The maximum atomic E-state index is 12.5. The Balaban J connectivity index is 2.75. The quantitative estimate of drug-likeness (QED) is 0.737. The molecule has 78 valence electrons. The highest BCUT2D eigenvalue weighted by Gasteiger charge is 2.34. The molecule has 0 atom stereocenters. The van der Waals surface area contributed by atoms with Gasteiger partial charge in [-0.05, 0) is 12.1 Å². The maximum absolute atomic E-state index is 12.5. The number of alkyl halides is 3. The fraction of sp³-hybridized carbons (Fsp3) is 0.125. The van der Waals surface area contributed by atoms with Crippen molar-refractivity contribution in [2.75, 3.05) is 0 Å². The Hall–Kier alpha value is -1.92. The Morgan fingerprint density at radius 2 is 1.80 bits per heavy atom. The number of carbonyl (C=O) groups excluding carboxylic acids is 1. The highest BCUT2D eigenvalue weighted by atomic mass is 19.4. The predicted octanol–water partition coefficient (Wildman–Crippen LogP) is 1.79. The highest BCUT2D eigenvalue weighted by Crippen LogP contribution is 2.33. The summed E-state index contributed by atoms with van der Waals surface area (Å²) in [5.41, 5.74) is -1.14. The lowest BCUT2D eigenvalue weighted by Crippen LogP contribution is -2.08. The van der Waals surface area contributed by atoms with Crippen LogP contribution < -0.4 is 0 Å². The minimum atomic E-state index is -4.57. The molecular weight excluding hydrogens is 211 g/mol. The number of aromatic amines is 1. The molecule has 15 heavy (non-hydrogen) atoms. The Bertz CT molecular complexity index is 517. The first-order valence-corrected chi connectivity index (χ1v) is 3.89. The SMILES string of the molecule is O=Cc1cc2n[nH]nc2cc1C(F)(F)F. The Morgan fingerprint density at radius 3 is 2.33 bits per heavy atom. The van der Waals surface area contributed by atoms with E-state index in [2.05, 4.69) is 15.4 Å². The number of halogens is 3. The number of nitrogens with one attached hydrogen (secondary N) is 1. The maximum Gasteiger partial charge on any atom is 0.417 e. The molecule has 0 aliphatic rings. The first-order chi connectivity index (χ1) is 7.02. The van der Waals surface area contributed by atoms with Crippen molar-refractivity contribution < 1.29 is 18.0 Å². The van der Waals surface area contributed by atoms with Crippen LogP contribution in [0.1, 0.15) is 15.9 Å². The summed E-state index contributed by atoms with van der Waals surface area (Å²) in [6, 6.07) is 1.84. The molecule has 0 fully saturated rings. The summed E-state index contributed by atoms with van der Waals surface area (Å²) in [7, 11) is 0. The minimum Gasteiger partial charge on any atom is -0.298 e. The largest absolute Gasteiger partial charge is 0.417 e. The summed E-state index contributed by atoms with van der Waals surface area (Å²) in [4.78, 5) is 10.5. The first kappa shape index (κ1) is 9.63. The van der Waals surface area contributed by atoms with Crippen LogP contribution in [0.3, 0.4) is 0 Å². The molecule has 0 saturated carbocycles. The Kier molecular flexibility index (Phi) is 1.95. The van der Waals surface area contributed by atoms with Gasteiger partial charge in [-0.3, -0.25) is 4.79 Å². The number of hydrogen-bond acceptors (Lipinski definition) is 3. The van der Waals surface area contributed by atoms with E-state index in [0.29, 0.717) is 0 Å². The summed E-state index contributed by atoms with van der Waals surface area (Å²) in [6.45, 7) is 0. The van der Waals surface area contributed by atoms with Crippen LogP contribution in [-0.2, 0) is 6.18 Å².